The highest BCUT2D eigenvalue weighted by Crippen LogP contribution is 2.06. The summed E-state index contributed by atoms with van der Waals surface area (Å²) in [5, 5.41) is 6.35. The number of amides is 1. The lowest BCUT2D eigenvalue weighted by atomic mass is 10.1. The molecule has 1 aliphatic rings. The summed E-state index contributed by atoms with van der Waals surface area (Å²) in [6, 6.07) is 4.09. The van der Waals surface area contributed by atoms with E-state index in [4.69, 9.17) is 0 Å². The number of pyridine rings is 1. The molecule has 17 heavy (non-hydrogen) atoms. The fourth-order valence-electron chi connectivity index (χ4n) is 2.02. The minimum atomic E-state index is -0.0372. The highest BCUT2D eigenvalue weighted by molar-refractivity contribution is 5.93. The van der Waals surface area contributed by atoms with Gasteiger partial charge in [0.05, 0.1) is 5.56 Å². The van der Waals surface area contributed by atoms with Gasteiger partial charge in [-0.3, -0.25) is 9.78 Å². The third-order valence-electron chi connectivity index (χ3n) is 3.09. The topological polar surface area (TPSA) is 54.0 Å². The molecule has 1 aliphatic heterocycles. The maximum absolute atomic E-state index is 11.8. The molecule has 0 saturated carbocycles. The van der Waals surface area contributed by atoms with Gasteiger partial charge in [0.15, 0.2) is 0 Å². The Hall–Kier alpha value is -1.42. The lowest BCUT2D eigenvalue weighted by molar-refractivity contribution is 0.0947. The molecule has 2 rings (SSSR count). The lowest BCUT2D eigenvalue weighted by Crippen LogP contribution is -2.43. The first-order valence-electron chi connectivity index (χ1n) is 6.20. The summed E-state index contributed by atoms with van der Waals surface area (Å²) >= 11 is 0. The molecular weight excluding hydrogens is 214 g/mol. The normalized spacial score (nSPS) is 19.9. The fraction of sp³-hybridized carbons (Fsp3) is 0.538. The molecule has 4 nitrogen and oxygen atoms in total. The number of nitrogens with one attached hydrogen (secondary N) is 2. The summed E-state index contributed by atoms with van der Waals surface area (Å²) in [7, 11) is 0. The van der Waals surface area contributed by atoms with Gasteiger partial charge < -0.3 is 10.6 Å². The summed E-state index contributed by atoms with van der Waals surface area (Å²) < 4.78 is 0. The Bertz CT molecular complexity index is 369. The van der Waals surface area contributed by atoms with Crippen molar-refractivity contribution < 1.29 is 4.79 Å². The standard InChI is InChI=1S/C13H19N3O/c1-10-5-6-11(8-15-10)13(17)16-9-12-4-2-3-7-14-12/h5-6,8,12,14H,2-4,7,9H2,1H3,(H,16,17). The second-order valence-electron chi connectivity index (χ2n) is 4.55. The molecule has 1 aromatic rings. The van der Waals surface area contributed by atoms with Crippen molar-refractivity contribution in [3.05, 3.63) is 29.6 Å². The monoisotopic (exact) mass is 233 g/mol. The number of nitrogens with zero attached hydrogens (tertiary/aromatic N) is 1. The first kappa shape index (κ1) is 12.0. The molecule has 0 spiro atoms. The molecule has 1 amide bonds. The zero-order valence-electron chi connectivity index (χ0n) is 10.2. The van der Waals surface area contributed by atoms with Crippen LogP contribution in [0, 0.1) is 6.92 Å². The molecule has 1 unspecified atom stereocenters. The Kier molecular flexibility index (Phi) is 4.09. The number of carbonyl (C=O) groups is 1. The summed E-state index contributed by atoms with van der Waals surface area (Å²) in [5.74, 6) is -0.0372. The third kappa shape index (κ3) is 3.53. The molecule has 1 fully saturated rings. The van der Waals surface area contributed by atoms with Crippen molar-refractivity contribution in [1.82, 2.24) is 15.6 Å². The lowest BCUT2D eigenvalue weighted by Gasteiger charge is -2.23. The van der Waals surface area contributed by atoms with Crippen LogP contribution in [-0.2, 0) is 0 Å². The van der Waals surface area contributed by atoms with Crippen molar-refractivity contribution in [3.63, 3.8) is 0 Å². The molecule has 2 heterocycles. The smallest absolute Gasteiger partial charge is 0.252 e. The van der Waals surface area contributed by atoms with Gasteiger partial charge in [-0.1, -0.05) is 6.42 Å². The van der Waals surface area contributed by atoms with Crippen molar-refractivity contribution in [2.45, 2.75) is 32.2 Å². The van der Waals surface area contributed by atoms with Crippen LogP contribution < -0.4 is 10.6 Å². The Balaban J connectivity index is 1.82. The van der Waals surface area contributed by atoms with Crippen molar-refractivity contribution in [2.24, 2.45) is 0 Å². The minimum absolute atomic E-state index is 0.0372. The quantitative estimate of drug-likeness (QED) is 0.826. The number of aryl methyl sites for hydroxylation is 1. The first-order chi connectivity index (χ1) is 8.25. The van der Waals surface area contributed by atoms with E-state index in [1.165, 1.54) is 12.8 Å². The number of hydrogen-bond acceptors (Lipinski definition) is 3. The maximum atomic E-state index is 11.8. The van der Waals surface area contributed by atoms with Gasteiger partial charge in [0.2, 0.25) is 0 Å². The summed E-state index contributed by atoms with van der Waals surface area (Å²) in [6.07, 6.45) is 5.26. The SMILES string of the molecule is Cc1ccc(C(=O)NCC2CCCCN2)cn1. The van der Waals surface area contributed by atoms with E-state index < -0.39 is 0 Å². The molecule has 0 aliphatic carbocycles. The van der Waals surface area contributed by atoms with Crippen molar-refractivity contribution in [2.75, 3.05) is 13.1 Å². The van der Waals surface area contributed by atoms with Crippen LogP contribution in [0.4, 0.5) is 0 Å². The van der Waals surface area contributed by atoms with Crippen LogP contribution >= 0.6 is 0 Å². The molecule has 4 heteroatoms. The van der Waals surface area contributed by atoms with E-state index in [-0.39, 0.29) is 5.91 Å². The van der Waals surface area contributed by atoms with E-state index in [2.05, 4.69) is 15.6 Å². The van der Waals surface area contributed by atoms with Gasteiger partial charge in [0, 0.05) is 24.5 Å². The summed E-state index contributed by atoms with van der Waals surface area (Å²) in [4.78, 5) is 15.9. The number of aromatic nitrogens is 1. The van der Waals surface area contributed by atoms with Crippen LogP contribution in [0.3, 0.4) is 0 Å². The van der Waals surface area contributed by atoms with Crippen molar-refractivity contribution in [1.29, 1.82) is 0 Å². The van der Waals surface area contributed by atoms with Gasteiger partial charge in [-0.05, 0) is 38.4 Å². The second kappa shape index (κ2) is 5.77. The predicted octanol–water partition coefficient (Wildman–Crippen LogP) is 1.26. The van der Waals surface area contributed by atoms with E-state index in [0.29, 0.717) is 18.2 Å². The highest BCUT2D eigenvalue weighted by Gasteiger charge is 2.13. The van der Waals surface area contributed by atoms with Crippen LogP contribution in [0.2, 0.25) is 0 Å². The van der Waals surface area contributed by atoms with E-state index in [9.17, 15) is 4.79 Å². The van der Waals surface area contributed by atoms with Crippen LogP contribution in [0.15, 0.2) is 18.3 Å². The van der Waals surface area contributed by atoms with Crippen LogP contribution in [0.5, 0.6) is 0 Å². The van der Waals surface area contributed by atoms with Gasteiger partial charge in [-0.2, -0.15) is 0 Å². The summed E-state index contributed by atoms with van der Waals surface area (Å²) in [6.45, 7) is 3.67. The molecule has 0 bridgehead atoms. The first-order valence-corrected chi connectivity index (χ1v) is 6.20. The van der Waals surface area contributed by atoms with Crippen LogP contribution in [-0.4, -0.2) is 30.0 Å². The van der Waals surface area contributed by atoms with Crippen molar-refractivity contribution >= 4 is 5.91 Å². The number of carbonyl (C=O) groups excluding carboxylic acids is 1. The molecule has 1 atom stereocenters. The van der Waals surface area contributed by atoms with Crippen LogP contribution in [0.1, 0.15) is 35.3 Å². The van der Waals surface area contributed by atoms with E-state index in [1.54, 1.807) is 6.20 Å². The molecule has 1 aromatic heterocycles. The zero-order valence-corrected chi connectivity index (χ0v) is 10.2. The largest absolute Gasteiger partial charge is 0.350 e. The van der Waals surface area contributed by atoms with Crippen molar-refractivity contribution in [3.8, 4) is 0 Å². The minimum Gasteiger partial charge on any atom is -0.350 e. The zero-order chi connectivity index (χ0) is 12.1. The number of rotatable bonds is 3. The Morgan fingerprint density at radius 2 is 2.41 bits per heavy atom. The number of hydrogen-bond donors (Lipinski definition) is 2. The number of piperidine rings is 1. The molecule has 0 radical (unpaired) electrons. The van der Waals surface area contributed by atoms with E-state index >= 15 is 0 Å². The average Bonchev–Trinajstić information content (AvgIpc) is 2.38. The van der Waals surface area contributed by atoms with Crippen LogP contribution in [0.25, 0.3) is 0 Å². The Labute approximate surface area is 102 Å². The maximum Gasteiger partial charge on any atom is 0.252 e. The van der Waals surface area contributed by atoms with Gasteiger partial charge >= 0.3 is 0 Å². The Morgan fingerprint density at radius 3 is 3.06 bits per heavy atom. The molecule has 1 saturated heterocycles. The van der Waals surface area contributed by atoms with Gasteiger partial charge in [-0.15, -0.1) is 0 Å². The molecular formula is C13H19N3O. The van der Waals surface area contributed by atoms with Gasteiger partial charge in [0.1, 0.15) is 0 Å². The Morgan fingerprint density at radius 1 is 1.53 bits per heavy atom. The second-order valence-corrected chi connectivity index (χ2v) is 4.55. The predicted molar refractivity (Wildman–Crippen MR) is 66.9 cm³/mol. The highest BCUT2D eigenvalue weighted by atomic mass is 16.1. The summed E-state index contributed by atoms with van der Waals surface area (Å²) in [5.41, 5.74) is 1.56. The molecule has 2 N–H and O–H groups in total. The third-order valence-corrected chi connectivity index (χ3v) is 3.09. The van der Waals surface area contributed by atoms with E-state index in [1.807, 2.05) is 19.1 Å². The fourth-order valence-corrected chi connectivity index (χ4v) is 2.02. The molecule has 0 aromatic carbocycles. The average molecular weight is 233 g/mol. The van der Waals surface area contributed by atoms with Gasteiger partial charge in [0.25, 0.3) is 5.91 Å². The van der Waals surface area contributed by atoms with Gasteiger partial charge in [-0.25, -0.2) is 0 Å². The van der Waals surface area contributed by atoms with E-state index in [0.717, 1.165) is 18.7 Å². The molecule has 92 valence electrons.